The number of rotatable bonds is 5. The van der Waals surface area contributed by atoms with Crippen molar-refractivity contribution in [3.63, 3.8) is 0 Å². The Balaban J connectivity index is 2.41. The Kier molecular flexibility index (Phi) is 4.37. The molecule has 0 aliphatic heterocycles. The molecular formula is C15H18O2S. The first-order valence-corrected chi connectivity index (χ1v) is 7.28. The molecule has 2 nitrogen and oxygen atoms in total. The van der Waals surface area contributed by atoms with Gasteiger partial charge in [0.05, 0.1) is 12.5 Å². The van der Waals surface area contributed by atoms with Crippen LogP contribution in [0.4, 0.5) is 0 Å². The zero-order chi connectivity index (χ0) is 13.0. The van der Waals surface area contributed by atoms with Gasteiger partial charge in [-0.3, -0.25) is 4.79 Å². The van der Waals surface area contributed by atoms with Crippen molar-refractivity contribution in [2.45, 2.75) is 32.6 Å². The van der Waals surface area contributed by atoms with E-state index in [2.05, 4.69) is 30.5 Å². The molecule has 96 valence electrons. The summed E-state index contributed by atoms with van der Waals surface area (Å²) >= 11 is 1.70. The first-order chi connectivity index (χ1) is 8.77. The van der Waals surface area contributed by atoms with E-state index in [9.17, 15) is 4.79 Å². The van der Waals surface area contributed by atoms with Crippen LogP contribution in [0.5, 0.6) is 0 Å². The standard InChI is InChI=1S/C15H18O2S/c1-3-6-13(15(16)17-4-2)12-8-5-7-11-9-10-18-14(11)12/h5,7-10,13H,3-4,6H2,1-2H3. The number of benzene rings is 1. The van der Waals surface area contributed by atoms with E-state index >= 15 is 0 Å². The molecule has 1 atom stereocenters. The van der Waals surface area contributed by atoms with Crippen LogP contribution in [0.15, 0.2) is 29.6 Å². The molecule has 3 heteroatoms. The normalized spacial score (nSPS) is 12.6. The summed E-state index contributed by atoms with van der Waals surface area (Å²) in [5, 5.41) is 3.28. The third kappa shape index (κ3) is 2.56. The van der Waals surface area contributed by atoms with Crippen molar-refractivity contribution in [3.8, 4) is 0 Å². The van der Waals surface area contributed by atoms with Gasteiger partial charge in [-0.1, -0.05) is 31.5 Å². The van der Waals surface area contributed by atoms with Gasteiger partial charge in [0.15, 0.2) is 0 Å². The van der Waals surface area contributed by atoms with Gasteiger partial charge in [0.1, 0.15) is 0 Å². The Morgan fingerprint density at radius 2 is 2.17 bits per heavy atom. The van der Waals surface area contributed by atoms with E-state index in [0.717, 1.165) is 18.4 Å². The van der Waals surface area contributed by atoms with Gasteiger partial charge in [-0.15, -0.1) is 11.3 Å². The lowest BCUT2D eigenvalue weighted by atomic mass is 9.94. The topological polar surface area (TPSA) is 26.3 Å². The number of carbonyl (C=O) groups is 1. The molecule has 0 amide bonds. The highest BCUT2D eigenvalue weighted by Crippen LogP contribution is 2.33. The number of thiophene rings is 1. The van der Waals surface area contributed by atoms with Crippen LogP contribution in [0, 0.1) is 0 Å². The fourth-order valence-corrected chi connectivity index (χ4v) is 3.19. The maximum Gasteiger partial charge on any atom is 0.313 e. The monoisotopic (exact) mass is 262 g/mol. The minimum Gasteiger partial charge on any atom is -0.466 e. The van der Waals surface area contributed by atoms with Crippen LogP contribution < -0.4 is 0 Å². The Morgan fingerprint density at radius 3 is 2.89 bits per heavy atom. The molecule has 2 aromatic rings. The summed E-state index contributed by atoms with van der Waals surface area (Å²) in [4.78, 5) is 12.1. The number of hydrogen-bond acceptors (Lipinski definition) is 3. The van der Waals surface area contributed by atoms with E-state index in [4.69, 9.17) is 4.74 Å². The zero-order valence-corrected chi connectivity index (χ0v) is 11.6. The van der Waals surface area contributed by atoms with E-state index in [-0.39, 0.29) is 11.9 Å². The Hall–Kier alpha value is -1.35. The van der Waals surface area contributed by atoms with Crippen molar-refractivity contribution >= 4 is 27.4 Å². The quantitative estimate of drug-likeness (QED) is 0.749. The first kappa shape index (κ1) is 13.1. The molecule has 0 saturated carbocycles. The van der Waals surface area contributed by atoms with Gasteiger partial charge < -0.3 is 4.74 Å². The molecule has 0 spiro atoms. The van der Waals surface area contributed by atoms with Crippen LogP contribution in [0.25, 0.3) is 10.1 Å². The van der Waals surface area contributed by atoms with Crippen molar-refractivity contribution in [2.24, 2.45) is 0 Å². The molecule has 0 saturated heterocycles. The summed E-state index contributed by atoms with van der Waals surface area (Å²) in [5.74, 6) is -0.224. The second-order valence-corrected chi connectivity index (χ2v) is 5.20. The Labute approximate surface area is 112 Å². The number of carbonyl (C=O) groups excluding carboxylic acids is 1. The van der Waals surface area contributed by atoms with E-state index in [1.807, 2.05) is 13.0 Å². The molecule has 1 aromatic carbocycles. The lowest BCUT2D eigenvalue weighted by Crippen LogP contribution is -2.16. The van der Waals surface area contributed by atoms with E-state index < -0.39 is 0 Å². The third-order valence-corrected chi connectivity index (χ3v) is 4.01. The van der Waals surface area contributed by atoms with Gasteiger partial charge in [0, 0.05) is 4.70 Å². The molecule has 0 bridgehead atoms. The fraction of sp³-hybridized carbons (Fsp3) is 0.400. The molecule has 0 aliphatic rings. The number of ether oxygens (including phenoxy) is 1. The molecule has 2 rings (SSSR count). The van der Waals surface area contributed by atoms with Gasteiger partial charge in [-0.2, -0.15) is 0 Å². The highest BCUT2D eigenvalue weighted by Gasteiger charge is 2.23. The molecule has 0 fully saturated rings. The summed E-state index contributed by atoms with van der Waals surface area (Å²) in [7, 11) is 0. The predicted molar refractivity (Wildman–Crippen MR) is 76.1 cm³/mol. The van der Waals surface area contributed by atoms with Crippen molar-refractivity contribution in [1.82, 2.24) is 0 Å². The summed E-state index contributed by atoms with van der Waals surface area (Å²) in [6, 6.07) is 8.25. The molecular weight excluding hydrogens is 244 g/mol. The lowest BCUT2D eigenvalue weighted by molar-refractivity contribution is -0.145. The second kappa shape index (κ2) is 6.01. The highest BCUT2D eigenvalue weighted by molar-refractivity contribution is 7.17. The molecule has 1 heterocycles. The van der Waals surface area contributed by atoms with Crippen molar-refractivity contribution in [3.05, 3.63) is 35.2 Å². The Morgan fingerprint density at radius 1 is 1.33 bits per heavy atom. The van der Waals surface area contributed by atoms with Gasteiger partial charge in [0.2, 0.25) is 0 Å². The third-order valence-electron chi connectivity index (χ3n) is 3.03. The largest absolute Gasteiger partial charge is 0.466 e. The van der Waals surface area contributed by atoms with Crippen LogP contribution in [-0.2, 0) is 9.53 Å². The van der Waals surface area contributed by atoms with Crippen LogP contribution >= 0.6 is 11.3 Å². The van der Waals surface area contributed by atoms with Crippen LogP contribution in [0.1, 0.15) is 38.2 Å². The maximum atomic E-state index is 12.1. The molecule has 1 aromatic heterocycles. The molecule has 0 N–H and O–H groups in total. The smallest absolute Gasteiger partial charge is 0.313 e. The van der Waals surface area contributed by atoms with E-state index in [1.165, 1.54) is 10.1 Å². The van der Waals surface area contributed by atoms with Gasteiger partial charge in [-0.25, -0.2) is 0 Å². The van der Waals surface area contributed by atoms with Crippen molar-refractivity contribution in [1.29, 1.82) is 0 Å². The molecule has 0 aliphatic carbocycles. The predicted octanol–water partition coefficient (Wildman–Crippen LogP) is 4.35. The number of hydrogen-bond donors (Lipinski definition) is 0. The molecule has 0 radical (unpaired) electrons. The summed E-state index contributed by atoms with van der Waals surface area (Å²) in [6.45, 7) is 4.40. The number of esters is 1. The van der Waals surface area contributed by atoms with Crippen LogP contribution in [0.3, 0.4) is 0 Å². The average Bonchev–Trinajstić information content (AvgIpc) is 2.84. The van der Waals surface area contributed by atoms with Gasteiger partial charge in [-0.05, 0) is 35.7 Å². The number of fused-ring (bicyclic) bond motifs is 1. The summed E-state index contributed by atoms with van der Waals surface area (Å²) in [5.41, 5.74) is 1.11. The zero-order valence-electron chi connectivity index (χ0n) is 10.8. The van der Waals surface area contributed by atoms with Crippen LogP contribution in [0.2, 0.25) is 0 Å². The first-order valence-electron chi connectivity index (χ1n) is 6.40. The van der Waals surface area contributed by atoms with Gasteiger partial charge >= 0.3 is 5.97 Å². The Bertz CT molecular complexity index is 530. The second-order valence-electron chi connectivity index (χ2n) is 4.28. The summed E-state index contributed by atoms with van der Waals surface area (Å²) < 4.78 is 6.41. The van der Waals surface area contributed by atoms with Crippen LogP contribution in [-0.4, -0.2) is 12.6 Å². The van der Waals surface area contributed by atoms with Gasteiger partial charge in [0.25, 0.3) is 0 Å². The van der Waals surface area contributed by atoms with E-state index in [1.54, 1.807) is 11.3 Å². The minimum absolute atomic E-state index is 0.0970. The highest BCUT2D eigenvalue weighted by atomic mass is 32.1. The van der Waals surface area contributed by atoms with E-state index in [0.29, 0.717) is 6.61 Å². The summed E-state index contributed by atoms with van der Waals surface area (Å²) in [6.07, 6.45) is 1.82. The van der Waals surface area contributed by atoms with Crippen molar-refractivity contribution in [2.75, 3.05) is 6.61 Å². The minimum atomic E-state index is -0.127. The molecule has 1 unspecified atom stereocenters. The van der Waals surface area contributed by atoms with Crippen molar-refractivity contribution < 1.29 is 9.53 Å². The molecule has 18 heavy (non-hydrogen) atoms. The lowest BCUT2D eigenvalue weighted by Gasteiger charge is -2.15. The average molecular weight is 262 g/mol. The fourth-order valence-electron chi connectivity index (χ4n) is 2.22. The maximum absolute atomic E-state index is 12.1. The SMILES string of the molecule is CCCC(C(=O)OCC)c1cccc2ccsc12.